The lowest BCUT2D eigenvalue weighted by Gasteiger charge is -2.07. The summed E-state index contributed by atoms with van der Waals surface area (Å²) in [6.45, 7) is 3.01. The molecule has 0 fully saturated rings. The predicted molar refractivity (Wildman–Crippen MR) is 94.6 cm³/mol. The SMILES string of the molecule is CC(=O)c1ccc(SSc2ccc(C(C)=O)cc2Cl)c(Cl)c1. The first kappa shape index (κ1) is 17.4. The van der Waals surface area contributed by atoms with Crippen LogP contribution in [0.2, 0.25) is 10.0 Å². The van der Waals surface area contributed by atoms with Crippen LogP contribution in [-0.4, -0.2) is 11.6 Å². The molecule has 0 aliphatic rings. The summed E-state index contributed by atoms with van der Waals surface area (Å²) < 4.78 is 0. The maximum atomic E-state index is 11.3. The van der Waals surface area contributed by atoms with Gasteiger partial charge in [-0.15, -0.1) is 0 Å². The highest BCUT2D eigenvalue weighted by Gasteiger charge is 2.09. The zero-order valence-corrected chi connectivity index (χ0v) is 15.0. The van der Waals surface area contributed by atoms with Crippen LogP contribution in [0.25, 0.3) is 0 Å². The Labute approximate surface area is 147 Å². The Balaban J connectivity index is 2.13. The monoisotopic (exact) mass is 370 g/mol. The number of benzene rings is 2. The molecule has 2 nitrogen and oxygen atoms in total. The summed E-state index contributed by atoms with van der Waals surface area (Å²) in [5.74, 6) is -0.0389. The highest BCUT2D eigenvalue weighted by molar-refractivity contribution is 8.76. The topological polar surface area (TPSA) is 34.1 Å². The number of rotatable bonds is 5. The molecule has 114 valence electrons. The van der Waals surface area contributed by atoms with Crippen molar-refractivity contribution in [3.8, 4) is 0 Å². The van der Waals surface area contributed by atoms with Gasteiger partial charge in [0, 0.05) is 20.9 Å². The van der Waals surface area contributed by atoms with Gasteiger partial charge < -0.3 is 0 Å². The van der Waals surface area contributed by atoms with E-state index in [9.17, 15) is 9.59 Å². The fourth-order valence-electron chi connectivity index (χ4n) is 1.66. The summed E-state index contributed by atoms with van der Waals surface area (Å²) in [4.78, 5) is 24.3. The van der Waals surface area contributed by atoms with Crippen LogP contribution in [0.5, 0.6) is 0 Å². The van der Waals surface area contributed by atoms with E-state index < -0.39 is 0 Å². The standard InChI is InChI=1S/C16H12Cl2O2S2/c1-9(19)11-3-5-15(13(17)7-11)21-22-16-6-4-12(10(2)20)8-14(16)18/h3-8H,1-2H3. The van der Waals surface area contributed by atoms with E-state index in [1.165, 1.54) is 35.4 Å². The first-order valence-electron chi connectivity index (χ1n) is 6.34. The summed E-state index contributed by atoms with van der Waals surface area (Å²) in [5.41, 5.74) is 1.17. The lowest BCUT2D eigenvalue weighted by Crippen LogP contribution is -1.91. The smallest absolute Gasteiger partial charge is 0.159 e. The van der Waals surface area contributed by atoms with Crippen molar-refractivity contribution in [3.05, 3.63) is 57.6 Å². The molecule has 0 aromatic heterocycles. The van der Waals surface area contributed by atoms with Crippen LogP contribution in [0.3, 0.4) is 0 Å². The normalized spacial score (nSPS) is 10.5. The molecular formula is C16H12Cl2O2S2. The average Bonchev–Trinajstić information content (AvgIpc) is 2.46. The predicted octanol–water partition coefficient (Wildman–Crippen LogP) is 6.20. The highest BCUT2D eigenvalue weighted by atomic mass is 35.5. The fourth-order valence-corrected chi connectivity index (χ4v) is 4.65. The third-order valence-electron chi connectivity index (χ3n) is 2.90. The molecule has 2 aromatic carbocycles. The Morgan fingerprint density at radius 2 is 1.14 bits per heavy atom. The van der Waals surface area contributed by atoms with Gasteiger partial charge in [-0.25, -0.2) is 0 Å². The molecule has 0 atom stereocenters. The minimum absolute atomic E-state index is 0.0195. The molecule has 22 heavy (non-hydrogen) atoms. The fraction of sp³-hybridized carbons (Fsp3) is 0.125. The zero-order chi connectivity index (χ0) is 16.3. The minimum atomic E-state index is -0.0195. The first-order valence-corrected chi connectivity index (χ1v) is 9.24. The quantitative estimate of drug-likeness (QED) is 0.463. The molecule has 0 heterocycles. The molecule has 0 bridgehead atoms. The highest BCUT2D eigenvalue weighted by Crippen LogP contribution is 2.43. The number of Topliss-reactive ketones (excluding diaryl/α,β-unsaturated/α-hetero) is 2. The second kappa shape index (κ2) is 7.55. The van der Waals surface area contributed by atoms with E-state index in [1.54, 1.807) is 24.3 Å². The van der Waals surface area contributed by atoms with Crippen LogP contribution in [0, 0.1) is 0 Å². The van der Waals surface area contributed by atoms with Crippen LogP contribution < -0.4 is 0 Å². The molecule has 0 aliphatic carbocycles. The summed E-state index contributed by atoms with van der Waals surface area (Å²) >= 11 is 12.4. The number of hydrogen-bond acceptors (Lipinski definition) is 4. The molecule has 2 rings (SSSR count). The number of hydrogen-bond donors (Lipinski definition) is 0. The Hall–Kier alpha value is -0.940. The van der Waals surface area contributed by atoms with Crippen LogP contribution >= 0.6 is 44.8 Å². The second-order valence-corrected chi connectivity index (χ2v) is 7.60. The first-order chi connectivity index (χ1) is 10.4. The number of halogens is 2. The van der Waals surface area contributed by atoms with E-state index >= 15 is 0 Å². The zero-order valence-electron chi connectivity index (χ0n) is 11.9. The molecule has 6 heteroatoms. The number of carbonyl (C=O) groups is 2. The van der Waals surface area contributed by atoms with Gasteiger partial charge in [-0.2, -0.15) is 0 Å². The maximum Gasteiger partial charge on any atom is 0.159 e. The number of carbonyl (C=O) groups excluding carboxylic acids is 2. The van der Waals surface area contributed by atoms with Crippen molar-refractivity contribution in [2.45, 2.75) is 23.6 Å². The van der Waals surface area contributed by atoms with E-state index in [-0.39, 0.29) is 11.6 Å². The van der Waals surface area contributed by atoms with Crippen LogP contribution in [-0.2, 0) is 0 Å². The molecule has 2 aromatic rings. The summed E-state index contributed by atoms with van der Waals surface area (Å²) in [5, 5.41) is 1.06. The minimum Gasteiger partial charge on any atom is -0.295 e. The van der Waals surface area contributed by atoms with Crippen molar-refractivity contribution in [2.75, 3.05) is 0 Å². The molecule has 0 saturated heterocycles. The summed E-state index contributed by atoms with van der Waals surface area (Å²) in [6, 6.07) is 10.4. The number of ketones is 2. The van der Waals surface area contributed by atoms with Crippen LogP contribution in [0.4, 0.5) is 0 Å². The van der Waals surface area contributed by atoms with E-state index in [0.717, 1.165) is 9.79 Å². The van der Waals surface area contributed by atoms with Gasteiger partial charge >= 0.3 is 0 Å². The lowest BCUT2D eigenvalue weighted by molar-refractivity contribution is 0.100. The van der Waals surface area contributed by atoms with Gasteiger partial charge in [0.15, 0.2) is 11.6 Å². The Kier molecular flexibility index (Phi) is 5.98. The molecule has 0 N–H and O–H groups in total. The molecule has 0 spiro atoms. The van der Waals surface area contributed by atoms with Crippen molar-refractivity contribution in [3.63, 3.8) is 0 Å². The molecule has 0 aliphatic heterocycles. The van der Waals surface area contributed by atoms with Crippen LogP contribution in [0.15, 0.2) is 46.2 Å². The molecule has 0 radical (unpaired) electrons. The summed E-state index contributed by atoms with van der Waals surface area (Å²) in [6.07, 6.45) is 0. The van der Waals surface area contributed by atoms with Crippen molar-refractivity contribution in [2.24, 2.45) is 0 Å². The summed E-state index contributed by atoms with van der Waals surface area (Å²) in [7, 11) is 2.91. The Morgan fingerprint density at radius 3 is 1.41 bits per heavy atom. The van der Waals surface area contributed by atoms with E-state index in [2.05, 4.69) is 0 Å². The molecule has 0 saturated carbocycles. The Morgan fingerprint density at radius 1 is 0.773 bits per heavy atom. The van der Waals surface area contributed by atoms with Crippen LogP contribution in [0.1, 0.15) is 34.6 Å². The maximum absolute atomic E-state index is 11.3. The van der Waals surface area contributed by atoms with Gasteiger partial charge in [0.05, 0.1) is 10.0 Å². The van der Waals surface area contributed by atoms with Gasteiger partial charge in [-0.05, 0) is 38.1 Å². The van der Waals surface area contributed by atoms with E-state index in [4.69, 9.17) is 23.2 Å². The Bertz CT molecular complexity index is 681. The van der Waals surface area contributed by atoms with Crippen molar-refractivity contribution in [1.82, 2.24) is 0 Å². The molecular weight excluding hydrogens is 359 g/mol. The van der Waals surface area contributed by atoms with Gasteiger partial charge in [-0.1, -0.05) is 56.9 Å². The van der Waals surface area contributed by atoms with Gasteiger partial charge in [0.1, 0.15) is 0 Å². The second-order valence-electron chi connectivity index (χ2n) is 4.57. The van der Waals surface area contributed by atoms with Gasteiger partial charge in [-0.3, -0.25) is 9.59 Å². The molecule has 0 unspecified atom stereocenters. The average molecular weight is 371 g/mol. The van der Waals surface area contributed by atoms with E-state index in [1.807, 2.05) is 12.1 Å². The van der Waals surface area contributed by atoms with Gasteiger partial charge in [0.25, 0.3) is 0 Å². The van der Waals surface area contributed by atoms with Crippen molar-refractivity contribution >= 4 is 56.4 Å². The van der Waals surface area contributed by atoms with Gasteiger partial charge in [0.2, 0.25) is 0 Å². The van der Waals surface area contributed by atoms with Crippen molar-refractivity contribution < 1.29 is 9.59 Å². The third kappa shape index (κ3) is 4.29. The van der Waals surface area contributed by atoms with Crippen molar-refractivity contribution in [1.29, 1.82) is 0 Å². The largest absolute Gasteiger partial charge is 0.295 e. The molecule has 0 amide bonds. The lowest BCUT2D eigenvalue weighted by atomic mass is 10.1. The van der Waals surface area contributed by atoms with E-state index in [0.29, 0.717) is 21.2 Å². The third-order valence-corrected chi connectivity index (χ3v) is 6.23.